The Morgan fingerprint density at radius 1 is 1.47 bits per heavy atom. The van der Waals surface area contributed by atoms with Crippen molar-refractivity contribution in [3.8, 4) is 0 Å². The van der Waals surface area contributed by atoms with Crippen LogP contribution in [0.15, 0.2) is 11.2 Å². The van der Waals surface area contributed by atoms with Gasteiger partial charge in [-0.1, -0.05) is 29.8 Å². The molecule has 0 aliphatic heterocycles. The van der Waals surface area contributed by atoms with E-state index in [4.69, 9.17) is 0 Å². The number of aromatic nitrogens is 2. The van der Waals surface area contributed by atoms with Crippen LogP contribution in [-0.2, 0) is 16.4 Å². The fraction of sp³-hybridized carbons (Fsp3) is 0.700. The Balaban J connectivity index is 2.91. The molecular weight excluding hydrogens is 306 g/mol. The summed E-state index contributed by atoms with van der Waals surface area (Å²) in [6.45, 7) is 4.75. The topological polar surface area (TPSA) is 66.1 Å². The Hall–Kier alpha value is -0.400. The van der Waals surface area contributed by atoms with Crippen LogP contribution >= 0.6 is 15.9 Å². The van der Waals surface area contributed by atoms with Crippen LogP contribution in [0, 0.1) is 0 Å². The van der Waals surface area contributed by atoms with Crippen molar-refractivity contribution in [3.63, 3.8) is 0 Å². The Morgan fingerprint density at radius 3 is 2.65 bits per heavy atom. The maximum atomic E-state index is 12.2. The van der Waals surface area contributed by atoms with E-state index < -0.39 is 10.0 Å². The molecular formula is C10H18BrN3O2S. The predicted molar refractivity (Wildman–Crippen MR) is 70.8 cm³/mol. The summed E-state index contributed by atoms with van der Waals surface area (Å²) in [6, 6.07) is 0. The molecule has 1 heterocycles. The number of aryl methyl sites for hydroxylation is 1. The quantitative estimate of drug-likeness (QED) is 0.777. The third-order valence-corrected chi connectivity index (χ3v) is 4.90. The van der Waals surface area contributed by atoms with Crippen molar-refractivity contribution < 1.29 is 8.42 Å². The average Bonchev–Trinajstić information content (AvgIpc) is 2.79. The summed E-state index contributed by atoms with van der Waals surface area (Å²) < 4.78 is 25.9. The maximum absolute atomic E-state index is 12.2. The molecule has 17 heavy (non-hydrogen) atoms. The molecule has 0 radical (unpaired) electrons. The number of sulfonamides is 1. The van der Waals surface area contributed by atoms with Crippen molar-refractivity contribution in [1.29, 1.82) is 0 Å². The van der Waals surface area contributed by atoms with Gasteiger partial charge in [-0.2, -0.15) is 4.31 Å². The third kappa shape index (κ3) is 3.53. The summed E-state index contributed by atoms with van der Waals surface area (Å²) in [5.41, 5.74) is 0. The van der Waals surface area contributed by atoms with Gasteiger partial charge in [0.15, 0.2) is 5.03 Å². The molecule has 0 saturated heterocycles. The monoisotopic (exact) mass is 323 g/mol. The molecule has 1 N–H and O–H groups in total. The van der Waals surface area contributed by atoms with E-state index >= 15 is 0 Å². The number of H-pyrrole nitrogens is 1. The van der Waals surface area contributed by atoms with E-state index in [2.05, 4.69) is 25.9 Å². The molecule has 7 heteroatoms. The lowest BCUT2D eigenvalue weighted by Gasteiger charge is -2.18. The largest absolute Gasteiger partial charge is 0.332 e. The van der Waals surface area contributed by atoms with Gasteiger partial charge in [0.25, 0.3) is 10.0 Å². The number of hydrogen-bond acceptors (Lipinski definition) is 3. The maximum Gasteiger partial charge on any atom is 0.260 e. The number of rotatable bonds is 7. The molecule has 5 nitrogen and oxygen atoms in total. The van der Waals surface area contributed by atoms with E-state index in [1.807, 2.05) is 13.8 Å². The van der Waals surface area contributed by atoms with E-state index in [1.54, 1.807) is 0 Å². The summed E-state index contributed by atoms with van der Waals surface area (Å²) in [5, 5.41) is 0.980. The lowest BCUT2D eigenvalue weighted by atomic mass is 10.5. The summed E-state index contributed by atoms with van der Waals surface area (Å²) in [6.07, 6.45) is 2.88. The van der Waals surface area contributed by atoms with Crippen LogP contribution in [0.25, 0.3) is 0 Å². The number of aromatic amines is 1. The Kier molecular flexibility index (Phi) is 5.61. The van der Waals surface area contributed by atoms with Gasteiger partial charge in [0.2, 0.25) is 0 Å². The van der Waals surface area contributed by atoms with Gasteiger partial charge < -0.3 is 4.98 Å². The van der Waals surface area contributed by atoms with Crippen LogP contribution in [0.3, 0.4) is 0 Å². The van der Waals surface area contributed by atoms with Gasteiger partial charge in [-0.05, 0) is 6.42 Å². The predicted octanol–water partition coefficient (Wildman–Crippen LogP) is 1.77. The second-order valence-electron chi connectivity index (χ2n) is 3.59. The minimum atomic E-state index is -3.42. The van der Waals surface area contributed by atoms with E-state index in [9.17, 15) is 8.42 Å². The number of halogens is 1. The third-order valence-electron chi connectivity index (χ3n) is 2.45. The van der Waals surface area contributed by atoms with E-state index in [-0.39, 0.29) is 5.03 Å². The fourth-order valence-corrected chi connectivity index (χ4v) is 3.15. The molecule has 0 unspecified atom stereocenters. The molecule has 0 bridgehead atoms. The molecule has 0 aliphatic carbocycles. The first-order valence-corrected chi connectivity index (χ1v) is 8.22. The Labute approximate surface area is 111 Å². The summed E-state index contributed by atoms with van der Waals surface area (Å²) in [4.78, 5) is 6.87. The lowest BCUT2D eigenvalue weighted by molar-refractivity contribution is 0.426. The van der Waals surface area contributed by atoms with E-state index in [0.717, 1.165) is 11.8 Å². The second-order valence-corrected chi connectivity index (χ2v) is 6.29. The molecule has 0 saturated carbocycles. The standard InChI is InChI=1S/C10H18BrN3O2S/c1-3-9-12-8-10(13-9)17(15,16)14(4-2)7-5-6-11/h8H,3-7H2,1-2H3,(H,12,13). The normalized spacial score (nSPS) is 12.2. The lowest BCUT2D eigenvalue weighted by Crippen LogP contribution is -2.32. The Morgan fingerprint density at radius 2 is 2.18 bits per heavy atom. The number of hydrogen-bond donors (Lipinski definition) is 1. The highest BCUT2D eigenvalue weighted by atomic mass is 79.9. The molecule has 0 atom stereocenters. The molecule has 1 aromatic rings. The second kappa shape index (κ2) is 6.51. The molecule has 0 aromatic carbocycles. The van der Waals surface area contributed by atoms with Crippen molar-refractivity contribution in [2.75, 3.05) is 18.4 Å². The van der Waals surface area contributed by atoms with E-state index in [1.165, 1.54) is 10.5 Å². The molecule has 1 rings (SSSR count). The van der Waals surface area contributed by atoms with Crippen LogP contribution < -0.4 is 0 Å². The van der Waals surface area contributed by atoms with Gasteiger partial charge in [-0.15, -0.1) is 0 Å². The van der Waals surface area contributed by atoms with Gasteiger partial charge in [0.1, 0.15) is 5.82 Å². The molecule has 98 valence electrons. The van der Waals surface area contributed by atoms with Crippen molar-refractivity contribution in [3.05, 3.63) is 12.0 Å². The highest BCUT2D eigenvalue weighted by Crippen LogP contribution is 2.14. The Bertz CT molecular complexity index is 444. The van der Waals surface area contributed by atoms with Crippen LogP contribution in [0.2, 0.25) is 0 Å². The van der Waals surface area contributed by atoms with Crippen LogP contribution in [0.1, 0.15) is 26.1 Å². The first kappa shape index (κ1) is 14.7. The zero-order valence-electron chi connectivity index (χ0n) is 10.1. The zero-order chi connectivity index (χ0) is 12.9. The van der Waals surface area contributed by atoms with E-state index in [0.29, 0.717) is 25.3 Å². The highest BCUT2D eigenvalue weighted by Gasteiger charge is 2.24. The first-order valence-electron chi connectivity index (χ1n) is 5.66. The van der Waals surface area contributed by atoms with Crippen molar-refractivity contribution in [2.45, 2.75) is 31.7 Å². The van der Waals surface area contributed by atoms with Gasteiger partial charge in [0.05, 0.1) is 6.20 Å². The minimum Gasteiger partial charge on any atom is -0.332 e. The summed E-state index contributed by atoms with van der Waals surface area (Å²) >= 11 is 3.30. The van der Waals surface area contributed by atoms with Crippen LogP contribution in [0.5, 0.6) is 0 Å². The number of imidazole rings is 1. The number of nitrogens with one attached hydrogen (secondary N) is 1. The minimum absolute atomic E-state index is 0.186. The fourth-order valence-electron chi connectivity index (χ4n) is 1.48. The summed E-state index contributed by atoms with van der Waals surface area (Å²) in [7, 11) is -3.42. The first-order chi connectivity index (χ1) is 8.06. The molecule has 0 aliphatic rings. The zero-order valence-corrected chi connectivity index (χ0v) is 12.5. The number of alkyl halides is 1. The van der Waals surface area contributed by atoms with Crippen LogP contribution in [0.4, 0.5) is 0 Å². The molecule has 1 aromatic heterocycles. The smallest absolute Gasteiger partial charge is 0.260 e. The molecule has 0 fully saturated rings. The van der Waals surface area contributed by atoms with Crippen molar-refractivity contribution in [2.24, 2.45) is 0 Å². The molecule has 0 spiro atoms. The molecule has 0 amide bonds. The van der Waals surface area contributed by atoms with Gasteiger partial charge in [-0.3, -0.25) is 0 Å². The SMILES string of the molecule is CCc1ncc(S(=O)(=O)N(CC)CCCBr)[nH]1. The van der Waals surface area contributed by atoms with Gasteiger partial charge >= 0.3 is 0 Å². The van der Waals surface area contributed by atoms with Crippen LogP contribution in [-0.4, -0.2) is 41.1 Å². The number of nitrogens with zero attached hydrogens (tertiary/aromatic N) is 2. The van der Waals surface area contributed by atoms with Gasteiger partial charge in [-0.25, -0.2) is 13.4 Å². The summed E-state index contributed by atoms with van der Waals surface area (Å²) in [5.74, 6) is 0.695. The van der Waals surface area contributed by atoms with Crippen molar-refractivity contribution in [1.82, 2.24) is 14.3 Å². The van der Waals surface area contributed by atoms with Crippen molar-refractivity contribution >= 4 is 26.0 Å². The average molecular weight is 324 g/mol. The highest BCUT2D eigenvalue weighted by molar-refractivity contribution is 9.09. The van der Waals surface area contributed by atoms with Gasteiger partial charge in [0, 0.05) is 24.8 Å².